The van der Waals surface area contributed by atoms with E-state index in [0.29, 0.717) is 6.54 Å². The zero-order chi connectivity index (χ0) is 20.5. The largest absolute Gasteiger partial charge is 0.394 e. The number of carbonyl (C=O) groups is 2. The summed E-state index contributed by atoms with van der Waals surface area (Å²) in [6.45, 7) is -0.157. The van der Waals surface area contributed by atoms with Crippen LogP contribution in [0.25, 0.3) is 0 Å². The maximum Gasteiger partial charge on any atom is 0.245 e. The van der Waals surface area contributed by atoms with Gasteiger partial charge in [-0.2, -0.15) is 0 Å². The molecule has 29 heavy (non-hydrogen) atoms. The highest BCUT2D eigenvalue weighted by Crippen LogP contribution is 2.24. The monoisotopic (exact) mass is 388 g/mol. The maximum absolute atomic E-state index is 13.1. The maximum atomic E-state index is 13.1. The minimum atomic E-state index is -1.03. The van der Waals surface area contributed by atoms with Crippen LogP contribution in [0.5, 0.6) is 0 Å². The summed E-state index contributed by atoms with van der Waals surface area (Å²) in [5, 5.41) is 15.1. The molecule has 5 heteroatoms. The average molecular weight is 388 g/mol. The molecule has 0 fully saturated rings. The molecule has 3 rings (SSSR count). The average Bonchev–Trinajstić information content (AvgIpc) is 2.78. The smallest absolute Gasteiger partial charge is 0.245 e. The number of aliphatic hydroxyl groups excluding tert-OH is 1. The highest BCUT2D eigenvalue weighted by Gasteiger charge is 2.27. The summed E-state index contributed by atoms with van der Waals surface area (Å²) in [6, 6.07) is 27.2. The molecule has 0 aliphatic heterocycles. The van der Waals surface area contributed by atoms with Crippen molar-refractivity contribution in [2.45, 2.75) is 18.5 Å². The van der Waals surface area contributed by atoms with E-state index in [1.165, 1.54) is 0 Å². The zero-order valence-electron chi connectivity index (χ0n) is 16.0. The first-order valence-corrected chi connectivity index (χ1v) is 9.52. The summed E-state index contributed by atoms with van der Waals surface area (Å²) in [5.74, 6) is -1.34. The number of hydrogen-bond donors (Lipinski definition) is 3. The molecular formula is C24H24N2O3. The first kappa shape index (κ1) is 20.3. The third-order valence-electron chi connectivity index (χ3n) is 4.65. The summed E-state index contributed by atoms with van der Waals surface area (Å²) < 4.78 is 0. The molecule has 2 amide bonds. The minimum absolute atomic E-state index is 0.326. The lowest BCUT2D eigenvalue weighted by molar-refractivity contribution is -0.130. The Bertz CT molecular complexity index is 875. The lowest BCUT2D eigenvalue weighted by Crippen LogP contribution is -2.50. The van der Waals surface area contributed by atoms with Gasteiger partial charge >= 0.3 is 0 Å². The summed E-state index contributed by atoms with van der Waals surface area (Å²) in [6.07, 6.45) is 0. The van der Waals surface area contributed by atoms with Crippen molar-refractivity contribution < 1.29 is 14.7 Å². The first-order chi connectivity index (χ1) is 14.2. The van der Waals surface area contributed by atoms with Gasteiger partial charge in [0.2, 0.25) is 11.8 Å². The van der Waals surface area contributed by atoms with E-state index < -0.39 is 24.5 Å². The molecule has 0 aliphatic carbocycles. The van der Waals surface area contributed by atoms with E-state index >= 15 is 0 Å². The Hall–Kier alpha value is -3.44. The molecule has 0 aromatic heterocycles. The van der Waals surface area contributed by atoms with Crippen LogP contribution in [-0.2, 0) is 16.1 Å². The summed E-state index contributed by atoms with van der Waals surface area (Å²) in [4.78, 5) is 25.6. The SMILES string of the molecule is O=C(N[C@@H](CO)C(=O)NCc1ccccc1)C(c1ccccc1)c1ccccc1. The second kappa shape index (κ2) is 10.2. The van der Waals surface area contributed by atoms with Crippen LogP contribution in [-0.4, -0.2) is 29.6 Å². The van der Waals surface area contributed by atoms with E-state index in [-0.39, 0.29) is 5.91 Å². The van der Waals surface area contributed by atoms with Gasteiger partial charge < -0.3 is 15.7 Å². The van der Waals surface area contributed by atoms with Crippen LogP contribution in [0.1, 0.15) is 22.6 Å². The van der Waals surface area contributed by atoms with E-state index in [9.17, 15) is 14.7 Å². The van der Waals surface area contributed by atoms with Crippen LogP contribution >= 0.6 is 0 Å². The number of nitrogens with one attached hydrogen (secondary N) is 2. The van der Waals surface area contributed by atoms with Gasteiger partial charge in [-0.3, -0.25) is 9.59 Å². The second-order valence-corrected chi connectivity index (χ2v) is 6.70. The standard InChI is InChI=1S/C24H24N2O3/c27-17-21(23(28)25-16-18-10-4-1-5-11-18)26-24(29)22(19-12-6-2-7-13-19)20-14-8-3-9-15-20/h1-15,21-22,27H,16-17H2,(H,25,28)(H,26,29)/t21-/m0/s1. The summed E-state index contributed by atoms with van der Waals surface area (Å²) in [7, 11) is 0. The fourth-order valence-corrected chi connectivity index (χ4v) is 3.14. The van der Waals surface area contributed by atoms with E-state index in [4.69, 9.17) is 0 Å². The Morgan fingerprint density at radius 1 is 0.724 bits per heavy atom. The molecule has 0 unspecified atom stereocenters. The summed E-state index contributed by atoms with van der Waals surface area (Å²) >= 11 is 0. The molecular weight excluding hydrogens is 364 g/mol. The fourth-order valence-electron chi connectivity index (χ4n) is 3.14. The Balaban J connectivity index is 1.72. The molecule has 3 aromatic rings. The zero-order valence-corrected chi connectivity index (χ0v) is 16.0. The minimum Gasteiger partial charge on any atom is -0.394 e. The Morgan fingerprint density at radius 3 is 1.69 bits per heavy atom. The lowest BCUT2D eigenvalue weighted by atomic mass is 9.90. The van der Waals surface area contributed by atoms with Gasteiger partial charge in [0.1, 0.15) is 6.04 Å². The van der Waals surface area contributed by atoms with Crippen LogP contribution < -0.4 is 10.6 Å². The second-order valence-electron chi connectivity index (χ2n) is 6.70. The molecule has 148 valence electrons. The number of amides is 2. The normalized spacial score (nSPS) is 11.7. The van der Waals surface area contributed by atoms with Gasteiger partial charge in [0.15, 0.2) is 0 Å². The van der Waals surface area contributed by atoms with Crippen molar-refractivity contribution in [3.63, 3.8) is 0 Å². The van der Waals surface area contributed by atoms with Crippen molar-refractivity contribution >= 4 is 11.8 Å². The van der Waals surface area contributed by atoms with Crippen molar-refractivity contribution in [1.82, 2.24) is 10.6 Å². The van der Waals surface area contributed by atoms with Gasteiger partial charge in [0, 0.05) is 6.54 Å². The number of benzene rings is 3. The summed E-state index contributed by atoms with van der Waals surface area (Å²) in [5.41, 5.74) is 2.57. The van der Waals surface area contributed by atoms with Crippen LogP contribution in [0, 0.1) is 0 Å². The number of hydrogen-bond acceptors (Lipinski definition) is 3. The van der Waals surface area contributed by atoms with Crippen molar-refractivity contribution in [3.8, 4) is 0 Å². The fraction of sp³-hybridized carbons (Fsp3) is 0.167. The van der Waals surface area contributed by atoms with Crippen LogP contribution in [0.2, 0.25) is 0 Å². The molecule has 1 atom stereocenters. The molecule has 0 saturated heterocycles. The van der Waals surface area contributed by atoms with Crippen molar-refractivity contribution in [1.29, 1.82) is 0 Å². The van der Waals surface area contributed by atoms with Gasteiger partial charge in [0.05, 0.1) is 12.5 Å². The quantitative estimate of drug-likeness (QED) is 0.555. The molecule has 5 nitrogen and oxygen atoms in total. The molecule has 0 bridgehead atoms. The Labute approximate surface area is 170 Å². The van der Waals surface area contributed by atoms with Gasteiger partial charge in [-0.15, -0.1) is 0 Å². The third kappa shape index (κ3) is 5.53. The van der Waals surface area contributed by atoms with Gasteiger partial charge in [-0.25, -0.2) is 0 Å². The molecule has 0 aliphatic rings. The van der Waals surface area contributed by atoms with Crippen LogP contribution in [0.15, 0.2) is 91.0 Å². The van der Waals surface area contributed by atoms with Crippen molar-refractivity contribution in [3.05, 3.63) is 108 Å². The number of aliphatic hydroxyl groups is 1. The van der Waals surface area contributed by atoms with E-state index in [1.54, 1.807) is 0 Å². The van der Waals surface area contributed by atoms with Crippen molar-refractivity contribution in [2.75, 3.05) is 6.61 Å². The van der Waals surface area contributed by atoms with Gasteiger partial charge in [-0.1, -0.05) is 91.0 Å². The predicted octanol–water partition coefficient (Wildman–Crippen LogP) is 2.61. The Morgan fingerprint density at radius 2 is 1.21 bits per heavy atom. The van der Waals surface area contributed by atoms with Gasteiger partial charge in [-0.05, 0) is 16.7 Å². The van der Waals surface area contributed by atoms with Crippen LogP contribution in [0.3, 0.4) is 0 Å². The lowest BCUT2D eigenvalue weighted by Gasteiger charge is -2.22. The predicted molar refractivity (Wildman–Crippen MR) is 112 cm³/mol. The highest BCUT2D eigenvalue weighted by molar-refractivity contribution is 5.92. The van der Waals surface area contributed by atoms with Gasteiger partial charge in [0.25, 0.3) is 0 Å². The van der Waals surface area contributed by atoms with Crippen LogP contribution in [0.4, 0.5) is 0 Å². The molecule has 3 aromatic carbocycles. The third-order valence-corrected chi connectivity index (χ3v) is 4.65. The highest BCUT2D eigenvalue weighted by atomic mass is 16.3. The first-order valence-electron chi connectivity index (χ1n) is 9.52. The molecule has 0 saturated carbocycles. The molecule has 0 heterocycles. The van der Waals surface area contributed by atoms with E-state index in [0.717, 1.165) is 16.7 Å². The molecule has 0 spiro atoms. The van der Waals surface area contributed by atoms with E-state index in [2.05, 4.69) is 10.6 Å². The van der Waals surface area contributed by atoms with Crippen molar-refractivity contribution in [2.24, 2.45) is 0 Å². The Kier molecular flexibility index (Phi) is 7.14. The van der Waals surface area contributed by atoms with E-state index in [1.807, 2.05) is 91.0 Å². The topological polar surface area (TPSA) is 78.4 Å². The number of rotatable bonds is 8. The molecule has 3 N–H and O–H groups in total. The molecule has 0 radical (unpaired) electrons. The number of carbonyl (C=O) groups excluding carboxylic acids is 2.